The topological polar surface area (TPSA) is 79.6 Å². The van der Waals surface area contributed by atoms with Crippen LogP contribution in [0.1, 0.15) is 16.7 Å². The van der Waals surface area contributed by atoms with Crippen molar-refractivity contribution < 1.29 is 18.0 Å². The van der Waals surface area contributed by atoms with Crippen molar-refractivity contribution >= 4 is 22.6 Å². The van der Waals surface area contributed by atoms with Crippen LogP contribution in [-0.4, -0.2) is 57.7 Å². The van der Waals surface area contributed by atoms with Gasteiger partial charge in [-0.15, -0.1) is 0 Å². The fraction of sp³-hybridized carbons (Fsp3) is 0.300. The molecule has 0 radical (unpaired) electrons. The molecule has 1 aliphatic rings. The summed E-state index contributed by atoms with van der Waals surface area (Å²) in [5.74, 6) is 0. The van der Waals surface area contributed by atoms with Gasteiger partial charge in [-0.2, -0.15) is 13.2 Å². The van der Waals surface area contributed by atoms with Gasteiger partial charge in [0, 0.05) is 45.0 Å². The predicted octanol–water partition coefficient (Wildman–Crippen LogP) is 4.64. The first-order valence-electron chi connectivity index (χ1n) is 13.3. The Labute approximate surface area is 234 Å². The highest BCUT2D eigenvalue weighted by Crippen LogP contribution is 2.33. The molecule has 1 N–H and O–H groups in total. The maximum Gasteiger partial charge on any atom is 0.418 e. The minimum Gasteiger partial charge on any atom is -0.322 e. The van der Waals surface area contributed by atoms with Gasteiger partial charge in [0.25, 0.3) is 5.56 Å². The van der Waals surface area contributed by atoms with E-state index < -0.39 is 28.7 Å². The number of aromatic nitrogens is 2. The molecule has 4 aromatic rings. The summed E-state index contributed by atoms with van der Waals surface area (Å²) in [6, 6.07) is 17.1. The van der Waals surface area contributed by atoms with Crippen molar-refractivity contribution in [3.63, 3.8) is 0 Å². The van der Waals surface area contributed by atoms with Crippen molar-refractivity contribution in [2.24, 2.45) is 0 Å². The lowest BCUT2D eigenvalue weighted by Crippen LogP contribution is -2.51. The molecule has 0 bridgehead atoms. The van der Waals surface area contributed by atoms with Crippen LogP contribution in [0.4, 0.5) is 23.7 Å². The van der Waals surface area contributed by atoms with E-state index >= 15 is 0 Å². The van der Waals surface area contributed by atoms with Gasteiger partial charge in [-0.05, 0) is 55.3 Å². The third-order valence-electron chi connectivity index (χ3n) is 7.36. The standard InChI is InChI=1S/C30H30F3N5O3/c1-20-18-21(2)26-25(19-20)37(29(41)38(27(26)39)24-11-7-6-10-23(24)30(31,32)33)17-14-35-12-15-36(16-13-35)28(40)34-22-8-4-3-5-9-22/h3-11,18-19H,12-17H2,1-2H3,(H,34,40). The number of carbonyl (C=O) groups excluding carboxylic acids is 1. The molecule has 8 nitrogen and oxygen atoms in total. The molecule has 5 rings (SSSR count). The lowest BCUT2D eigenvalue weighted by Gasteiger charge is -2.34. The molecular formula is C30H30F3N5O3. The highest BCUT2D eigenvalue weighted by atomic mass is 19.4. The van der Waals surface area contributed by atoms with Crippen LogP contribution < -0.4 is 16.6 Å². The van der Waals surface area contributed by atoms with Gasteiger partial charge >= 0.3 is 17.9 Å². The summed E-state index contributed by atoms with van der Waals surface area (Å²) in [6.07, 6.45) is -4.75. The van der Waals surface area contributed by atoms with Crippen LogP contribution in [0.5, 0.6) is 0 Å². The second-order valence-corrected chi connectivity index (χ2v) is 10.2. The van der Waals surface area contributed by atoms with Gasteiger partial charge in [0.1, 0.15) is 0 Å². The summed E-state index contributed by atoms with van der Waals surface area (Å²) >= 11 is 0. The first-order chi connectivity index (χ1) is 19.5. The van der Waals surface area contributed by atoms with Crippen LogP contribution in [0.15, 0.2) is 76.3 Å². The molecule has 0 saturated carbocycles. The van der Waals surface area contributed by atoms with Crippen LogP contribution in [0.3, 0.4) is 0 Å². The van der Waals surface area contributed by atoms with Crippen molar-refractivity contribution in [2.75, 3.05) is 38.0 Å². The summed E-state index contributed by atoms with van der Waals surface area (Å²) in [5.41, 5.74) is -0.663. The van der Waals surface area contributed by atoms with Crippen LogP contribution in [0.25, 0.3) is 16.6 Å². The van der Waals surface area contributed by atoms with E-state index in [1.807, 2.05) is 37.3 Å². The maximum atomic E-state index is 13.9. The number of halogens is 3. The van der Waals surface area contributed by atoms with Gasteiger partial charge in [-0.3, -0.25) is 14.3 Å². The normalized spacial score (nSPS) is 14.4. The van der Waals surface area contributed by atoms with Gasteiger partial charge in [-0.1, -0.05) is 36.4 Å². The van der Waals surface area contributed by atoms with E-state index in [1.54, 1.807) is 24.0 Å². The minimum atomic E-state index is -4.75. The zero-order chi connectivity index (χ0) is 29.3. The van der Waals surface area contributed by atoms with Gasteiger partial charge in [0.05, 0.1) is 22.2 Å². The summed E-state index contributed by atoms with van der Waals surface area (Å²) in [6.45, 7) is 6.19. The second-order valence-electron chi connectivity index (χ2n) is 10.2. The van der Waals surface area contributed by atoms with Crippen LogP contribution in [0.2, 0.25) is 0 Å². The Hall–Kier alpha value is -4.38. The Morgan fingerprint density at radius 1 is 0.878 bits per heavy atom. The number of nitrogens with zero attached hydrogens (tertiary/aromatic N) is 4. The maximum absolute atomic E-state index is 13.9. The molecule has 0 atom stereocenters. The number of piperazine rings is 1. The SMILES string of the molecule is Cc1cc(C)c2c(=O)n(-c3ccccc3C(F)(F)F)c(=O)n(CCN3CCN(C(=O)Nc4ccccc4)CC3)c2c1. The van der Waals surface area contributed by atoms with Gasteiger partial charge in [-0.25, -0.2) is 14.2 Å². The number of nitrogens with one attached hydrogen (secondary N) is 1. The molecule has 2 heterocycles. The third kappa shape index (κ3) is 5.76. The number of aryl methyl sites for hydroxylation is 2. The van der Waals surface area contributed by atoms with Gasteiger partial charge in [0.15, 0.2) is 0 Å². The summed E-state index contributed by atoms with van der Waals surface area (Å²) in [5, 5.41) is 3.08. The van der Waals surface area contributed by atoms with E-state index in [4.69, 9.17) is 0 Å². The Kier molecular flexibility index (Phi) is 7.72. The number of anilines is 1. The summed E-state index contributed by atoms with van der Waals surface area (Å²) in [4.78, 5) is 43.8. The number of alkyl halides is 3. The van der Waals surface area contributed by atoms with E-state index in [0.717, 1.165) is 17.7 Å². The molecule has 11 heteroatoms. The summed E-state index contributed by atoms with van der Waals surface area (Å²) < 4.78 is 43.7. The number of fused-ring (bicyclic) bond motifs is 1. The molecule has 41 heavy (non-hydrogen) atoms. The van der Waals surface area contributed by atoms with Crippen LogP contribution >= 0.6 is 0 Å². The van der Waals surface area contributed by atoms with E-state index in [2.05, 4.69) is 10.2 Å². The number of carbonyl (C=O) groups is 1. The average molecular weight is 566 g/mol. The number of hydrogen-bond acceptors (Lipinski definition) is 4. The highest BCUT2D eigenvalue weighted by molar-refractivity contribution is 5.89. The van der Waals surface area contributed by atoms with Crippen LogP contribution in [-0.2, 0) is 12.7 Å². The number of hydrogen-bond donors (Lipinski definition) is 1. The first-order valence-corrected chi connectivity index (χ1v) is 13.3. The quantitative estimate of drug-likeness (QED) is 0.383. The monoisotopic (exact) mass is 565 g/mol. The molecule has 0 unspecified atom stereocenters. The molecule has 1 fully saturated rings. The molecule has 3 aromatic carbocycles. The predicted molar refractivity (Wildman–Crippen MR) is 152 cm³/mol. The fourth-order valence-corrected chi connectivity index (χ4v) is 5.34. The first kappa shape index (κ1) is 28.2. The number of para-hydroxylation sites is 2. The van der Waals surface area contributed by atoms with Crippen molar-refractivity contribution in [3.05, 3.63) is 104 Å². The number of urea groups is 1. The van der Waals surface area contributed by atoms with Crippen LogP contribution in [0, 0.1) is 13.8 Å². The molecule has 0 aliphatic carbocycles. The average Bonchev–Trinajstić information content (AvgIpc) is 2.93. The van der Waals surface area contributed by atoms with Crippen molar-refractivity contribution in [1.29, 1.82) is 0 Å². The molecule has 0 spiro atoms. The Morgan fingerprint density at radius 3 is 2.22 bits per heavy atom. The Bertz CT molecular complexity index is 1710. The zero-order valence-electron chi connectivity index (χ0n) is 22.7. The molecule has 214 valence electrons. The van der Waals surface area contributed by atoms with E-state index in [1.165, 1.54) is 16.7 Å². The van der Waals surface area contributed by atoms with E-state index in [9.17, 15) is 27.6 Å². The fourth-order valence-electron chi connectivity index (χ4n) is 5.34. The Balaban J connectivity index is 1.43. The Morgan fingerprint density at radius 2 is 1.54 bits per heavy atom. The smallest absolute Gasteiger partial charge is 0.322 e. The minimum absolute atomic E-state index is 0.156. The van der Waals surface area contributed by atoms with Gasteiger partial charge < -0.3 is 10.2 Å². The lowest BCUT2D eigenvalue weighted by atomic mass is 10.1. The zero-order valence-corrected chi connectivity index (χ0v) is 22.7. The highest BCUT2D eigenvalue weighted by Gasteiger charge is 2.35. The summed E-state index contributed by atoms with van der Waals surface area (Å²) in [7, 11) is 0. The molecule has 2 amide bonds. The number of benzene rings is 3. The van der Waals surface area contributed by atoms with Crippen molar-refractivity contribution in [2.45, 2.75) is 26.6 Å². The third-order valence-corrected chi connectivity index (χ3v) is 7.36. The van der Waals surface area contributed by atoms with Gasteiger partial charge in [0.2, 0.25) is 0 Å². The number of rotatable bonds is 5. The lowest BCUT2D eigenvalue weighted by molar-refractivity contribution is -0.137. The number of amides is 2. The van der Waals surface area contributed by atoms with Crippen molar-refractivity contribution in [3.8, 4) is 5.69 Å². The molecule has 1 saturated heterocycles. The van der Waals surface area contributed by atoms with E-state index in [0.29, 0.717) is 54.1 Å². The van der Waals surface area contributed by atoms with E-state index in [-0.39, 0.29) is 18.0 Å². The largest absolute Gasteiger partial charge is 0.418 e. The second kappa shape index (κ2) is 11.2. The molecule has 1 aromatic heterocycles. The molecular weight excluding hydrogens is 535 g/mol. The van der Waals surface area contributed by atoms with Crippen molar-refractivity contribution in [1.82, 2.24) is 18.9 Å². The molecule has 1 aliphatic heterocycles.